The van der Waals surface area contributed by atoms with Gasteiger partial charge in [0.05, 0.1) is 10.4 Å². The van der Waals surface area contributed by atoms with E-state index in [2.05, 4.69) is 6.58 Å². The van der Waals surface area contributed by atoms with E-state index in [1.54, 1.807) is 54.4 Å². The number of hydrogen-bond acceptors (Lipinski definition) is 4. The van der Waals surface area contributed by atoms with E-state index < -0.39 is 16.2 Å². The Kier molecular flexibility index (Phi) is 5.28. The minimum absolute atomic E-state index is 0.300. The number of halogens is 1. The zero-order valence-electron chi connectivity index (χ0n) is 14.8. The number of aryl methyl sites for hydroxylation is 1. The molecule has 0 aliphatic carbocycles. The van der Waals surface area contributed by atoms with Crippen LogP contribution in [0.1, 0.15) is 5.56 Å². The molecule has 2 aromatic carbocycles. The van der Waals surface area contributed by atoms with Crippen LogP contribution in [0.15, 0.2) is 66.0 Å². The van der Waals surface area contributed by atoms with E-state index in [9.17, 15) is 14.9 Å². The normalized spacial score (nSPS) is 10.7. The number of anilines is 1. The zero-order valence-corrected chi connectivity index (χ0v) is 15.5. The second kappa shape index (κ2) is 7.63. The molecule has 0 aliphatic rings. The summed E-state index contributed by atoms with van der Waals surface area (Å²) in [4.78, 5) is 25.6. The van der Waals surface area contributed by atoms with Crippen molar-refractivity contribution in [2.45, 2.75) is 6.54 Å². The molecular formula is C20H18ClN3O3. The minimum atomic E-state index is -0.640. The van der Waals surface area contributed by atoms with Crippen molar-refractivity contribution in [2.75, 3.05) is 11.4 Å². The average Bonchev–Trinajstić information content (AvgIpc) is 2.65. The molecule has 0 bridgehead atoms. The van der Waals surface area contributed by atoms with Crippen molar-refractivity contribution in [1.29, 1.82) is 0 Å². The number of fused-ring (bicyclic) bond motifs is 1. The molecule has 1 heterocycles. The van der Waals surface area contributed by atoms with Gasteiger partial charge in [0.2, 0.25) is 0 Å². The fourth-order valence-electron chi connectivity index (χ4n) is 3.15. The second-order valence-corrected chi connectivity index (χ2v) is 6.57. The number of para-hydroxylation sites is 1. The van der Waals surface area contributed by atoms with Crippen LogP contribution >= 0.6 is 11.6 Å². The highest BCUT2D eigenvalue weighted by Crippen LogP contribution is 2.34. The fraction of sp³-hybridized carbons (Fsp3) is 0.150. The topological polar surface area (TPSA) is 68.4 Å². The van der Waals surface area contributed by atoms with Gasteiger partial charge in [-0.25, -0.2) is 0 Å². The Morgan fingerprint density at radius 3 is 2.52 bits per heavy atom. The summed E-state index contributed by atoms with van der Waals surface area (Å²) in [5.74, 6) is 0. The van der Waals surface area contributed by atoms with Crippen molar-refractivity contribution in [3.63, 3.8) is 0 Å². The van der Waals surface area contributed by atoms with E-state index in [1.807, 2.05) is 12.1 Å². The molecule has 7 heteroatoms. The van der Waals surface area contributed by atoms with E-state index in [-0.39, 0.29) is 0 Å². The predicted octanol–water partition coefficient (Wildman–Crippen LogP) is 4.29. The summed E-state index contributed by atoms with van der Waals surface area (Å²) in [6.45, 7) is 4.48. The van der Waals surface area contributed by atoms with Gasteiger partial charge in [-0.1, -0.05) is 48.0 Å². The summed E-state index contributed by atoms with van der Waals surface area (Å²) in [5.41, 5.74) is 0.771. The average molecular weight is 384 g/mol. The molecule has 27 heavy (non-hydrogen) atoms. The molecule has 0 saturated carbocycles. The standard InChI is InChI=1S/C20H18ClN3O3/c1-3-12-23(13-14-8-10-15(21)11-9-14)18-16-6-4-5-7-17(16)22(2)20(25)19(18)24(26)27/h3-11H,1,12-13H2,2H3. The van der Waals surface area contributed by atoms with Crippen LogP contribution in [0.25, 0.3) is 10.9 Å². The summed E-state index contributed by atoms with van der Waals surface area (Å²) in [5, 5.41) is 13.0. The van der Waals surface area contributed by atoms with Crippen LogP contribution < -0.4 is 10.5 Å². The van der Waals surface area contributed by atoms with Crippen LogP contribution in [0.5, 0.6) is 0 Å². The van der Waals surface area contributed by atoms with Gasteiger partial charge in [0.15, 0.2) is 0 Å². The minimum Gasteiger partial charge on any atom is -0.357 e. The van der Waals surface area contributed by atoms with Crippen molar-refractivity contribution in [3.8, 4) is 0 Å². The largest absolute Gasteiger partial charge is 0.357 e. The van der Waals surface area contributed by atoms with E-state index in [0.717, 1.165) is 5.56 Å². The van der Waals surface area contributed by atoms with Gasteiger partial charge in [-0.05, 0) is 23.8 Å². The van der Waals surface area contributed by atoms with E-state index >= 15 is 0 Å². The summed E-state index contributed by atoms with van der Waals surface area (Å²) < 4.78 is 1.31. The molecule has 138 valence electrons. The first-order valence-electron chi connectivity index (χ1n) is 8.30. The lowest BCUT2D eigenvalue weighted by molar-refractivity contribution is -0.385. The summed E-state index contributed by atoms with van der Waals surface area (Å²) in [7, 11) is 1.54. The third-order valence-electron chi connectivity index (χ3n) is 4.39. The summed E-state index contributed by atoms with van der Waals surface area (Å²) >= 11 is 5.95. The van der Waals surface area contributed by atoms with Crippen LogP contribution in [0, 0.1) is 10.1 Å². The van der Waals surface area contributed by atoms with Crippen molar-refractivity contribution >= 4 is 33.9 Å². The highest BCUT2D eigenvalue weighted by Gasteiger charge is 2.28. The lowest BCUT2D eigenvalue weighted by atomic mass is 10.1. The molecule has 0 aliphatic heterocycles. The Hall–Kier alpha value is -3.12. The molecule has 0 atom stereocenters. The lowest BCUT2D eigenvalue weighted by Crippen LogP contribution is -2.29. The molecule has 0 amide bonds. The molecule has 0 saturated heterocycles. The van der Waals surface area contributed by atoms with Crippen LogP contribution in [-0.4, -0.2) is 16.0 Å². The van der Waals surface area contributed by atoms with Gasteiger partial charge >= 0.3 is 11.2 Å². The first-order valence-corrected chi connectivity index (χ1v) is 8.68. The Bertz CT molecular complexity index is 1070. The van der Waals surface area contributed by atoms with Crippen LogP contribution in [0.2, 0.25) is 5.02 Å². The van der Waals surface area contributed by atoms with Gasteiger partial charge in [0.25, 0.3) is 0 Å². The number of aromatic nitrogens is 1. The fourth-order valence-corrected chi connectivity index (χ4v) is 3.28. The highest BCUT2D eigenvalue weighted by atomic mass is 35.5. The first kappa shape index (κ1) is 18.7. The number of pyridine rings is 1. The summed E-state index contributed by atoms with van der Waals surface area (Å²) in [6, 6.07) is 14.4. The maximum absolute atomic E-state index is 12.7. The monoisotopic (exact) mass is 383 g/mol. The first-order chi connectivity index (χ1) is 12.9. The maximum Gasteiger partial charge on any atom is 0.357 e. The van der Waals surface area contributed by atoms with Gasteiger partial charge < -0.3 is 9.47 Å². The Balaban J connectivity index is 2.27. The highest BCUT2D eigenvalue weighted by molar-refractivity contribution is 6.30. The SMILES string of the molecule is C=CCN(Cc1ccc(Cl)cc1)c1c([N+](=O)[O-])c(=O)n(C)c2ccccc12. The van der Waals surface area contributed by atoms with Crippen LogP contribution in [0.3, 0.4) is 0 Å². The Morgan fingerprint density at radius 1 is 1.22 bits per heavy atom. The van der Waals surface area contributed by atoms with Crippen molar-refractivity contribution in [2.24, 2.45) is 7.05 Å². The number of benzene rings is 2. The second-order valence-electron chi connectivity index (χ2n) is 6.13. The summed E-state index contributed by atoms with van der Waals surface area (Å²) in [6.07, 6.45) is 1.66. The van der Waals surface area contributed by atoms with Crippen molar-refractivity contribution in [1.82, 2.24) is 4.57 Å². The molecule has 0 spiro atoms. The van der Waals surface area contributed by atoms with Gasteiger partial charge in [-0.2, -0.15) is 0 Å². The van der Waals surface area contributed by atoms with Crippen molar-refractivity contribution in [3.05, 3.63) is 92.2 Å². The number of nitro groups is 1. The van der Waals surface area contributed by atoms with Gasteiger partial charge in [0, 0.05) is 30.5 Å². The van der Waals surface area contributed by atoms with Gasteiger partial charge in [-0.3, -0.25) is 14.9 Å². The molecule has 3 aromatic rings. The van der Waals surface area contributed by atoms with E-state index in [1.165, 1.54) is 4.57 Å². The van der Waals surface area contributed by atoms with E-state index in [0.29, 0.717) is 34.7 Å². The zero-order chi connectivity index (χ0) is 19.6. The van der Waals surface area contributed by atoms with Gasteiger partial charge in [-0.15, -0.1) is 6.58 Å². The van der Waals surface area contributed by atoms with Crippen LogP contribution in [-0.2, 0) is 13.6 Å². The Morgan fingerprint density at radius 2 is 1.89 bits per heavy atom. The molecule has 0 N–H and O–H groups in total. The lowest BCUT2D eigenvalue weighted by Gasteiger charge is -2.25. The molecule has 1 aromatic heterocycles. The third-order valence-corrected chi connectivity index (χ3v) is 4.64. The Labute approximate surface area is 161 Å². The van der Waals surface area contributed by atoms with E-state index in [4.69, 9.17) is 11.6 Å². The van der Waals surface area contributed by atoms with Crippen LogP contribution in [0.4, 0.5) is 11.4 Å². The molecule has 0 fully saturated rings. The quantitative estimate of drug-likeness (QED) is 0.361. The molecule has 0 radical (unpaired) electrons. The predicted molar refractivity (Wildman–Crippen MR) is 109 cm³/mol. The number of hydrogen-bond donors (Lipinski definition) is 0. The molecular weight excluding hydrogens is 366 g/mol. The van der Waals surface area contributed by atoms with Crippen molar-refractivity contribution < 1.29 is 4.92 Å². The van der Waals surface area contributed by atoms with Gasteiger partial charge in [0.1, 0.15) is 5.69 Å². The number of nitrogens with zero attached hydrogens (tertiary/aromatic N) is 3. The smallest absolute Gasteiger partial charge is 0.357 e. The maximum atomic E-state index is 12.7. The molecule has 6 nitrogen and oxygen atoms in total. The molecule has 3 rings (SSSR count). The molecule has 0 unspecified atom stereocenters. The number of rotatable bonds is 6. The third kappa shape index (κ3) is 3.57.